The number of ether oxygens (including phenoxy) is 2. The van der Waals surface area contributed by atoms with Crippen LogP contribution in [0.3, 0.4) is 0 Å². The van der Waals surface area contributed by atoms with E-state index in [9.17, 15) is 19.8 Å². The van der Waals surface area contributed by atoms with Crippen molar-refractivity contribution in [3.05, 3.63) is 71.8 Å². The van der Waals surface area contributed by atoms with E-state index in [2.05, 4.69) is 0 Å². The molecule has 4 rings (SSSR count). The molecule has 1 heterocycles. The summed E-state index contributed by atoms with van der Waals surface area (Å²) in [6, 6.07) is 16.5. The van der Waals surface area contributed by atoms with Gasteiger partial charge in [-0.25, -0.2) is 19.6 Å². The molecule has 4 unspecified atom stereocenters. The second-order valence-corrected chi connectivity index (χ2v) is 7.12. The minimum Gasteiger partial charge on any atom is -0.443 e. The Morgan fingerprint density at radius 3 is 1.83 bits per heavy atom. The van der Waals surface area contributed by atoms with Crippen LogP contribution in [-0.4, -0.2) is 56.7 Å². The van der Waals surface area contributed by atoms with Crippen LogP contribution in [-0.2, 0) is 22.7 Å². The van der Waals surface area contributed by atoms with Gasteiger partial charge in [0.2, 0.25) is 0 Å². The van der Waals surface area contributed by atoms with Crippen molar-refractivity contribution in [1.29, 1.82) is 0 Å². The third-order valence-electron chi connectivity index (χ3n) is 5.23. The minimum absolute atomic E-state index is 0.00660. The zero-order chi connectivity index (χ0) is 20.4. The van der Waals surface area contributed by atoms with E-state index >= 15 is 0 Å². The molecule has 2 fully saturated rings. The zero-order valence-electron chi connectivity index (χ0n) is 15.6. The van der Waals surface area contributed by atoms with Crippen molar-refractivity contribution >= 4 is 12.2 Å². The fourth-order valence-corrected chi connectivity index (χ4v) is 3.84. The van der Waals surface area contributed by atoms with Gasteiger partial charge in [-0.1, -0.05) is 60.7 Å². The van der Waals surface area contributed by atoms with Crippen molar-refractivity contribution < 1.29 is 29.3 Å². The molecule has 8 nitrogen and oxygen atoms in total. The van der Waals surface area contributed by atoms with Crippen LogP contribution in [0.5, 0.6) is 0 Å². The Bertz CT molecular complexity index is 862. The highest BCUT2D eigenvalue weighted by atomic mass is 16.6. The predicted molar refractivity (Wildman–Crippen MR) is 101 cm³/mol. The normalized spacial score (nSPS) is 25.2. The van der Waals surface area contributed by atoms with Gasteiger partial charge in [0.1, 0.15) is 25.4 Å². The van der Waals surface area contributed by atoms with Gasteiger partial charge in [-0.2, -0.15) is 0 Å². The number of hydrogen-bond acceptors (Lipinski definition) is 6. The van der Waals surface area contributed by atoms with Gasteiger partial charge in [0.25, 0.3) is 0 Å². The third kappa shape index (κ3) is 3.76. The molecule has 1 aliphatic heterocycles. The Balaban J connectivity index is 1.46. The largest absolute Gasteiger partial charge is 0.443 e. The first kappa shape index (κ1) is 19.2. The summed E-state index contributed by atoms with van der Waals surface area (Å²) in [4.78, 5) is 25.4. The van der Waals surface area contributed by atoms with E-state index in [1.807, 2.05) is 48.5 Å². The van der Waals surface area contributed by atoms with Crippen LogP contribution in [0.15, 0.2) is 60.7 Å². The molecule has 8 heteroatoms. The average Bonchev–Trinajstić information content (AvgIpc) is 3.19. The number of carbonyl (C=O) groups is 2. The number of aliphatic hydroxyl groups excluding tert-OH is 2. The van der Waals surface area contributed by atoms with Gasteiger partial charge in [0.15, 0.2) is 0 Å². The van der Waals surface area contributed by atoms with E-state index in [0.29, 0.717) is 0 Å². The van der Waals surface area contributed by atoms with Crippen LogP contribution >= 0.6 is 0 Å². The molecular formula is C21H22N2O6. The van der Waals surface area contributed by atoms with E-state index in [0.717, 1.165) is 21.1 Å². The smallest absolute Gasteiger partial charge is 0.429 e. The molecule has 2 aromatic rings. The van der Waals surface area contributed by atoms with Gasteiger partial charge in [-0.3, -0.25) is 0 Å². The topological polar surface area (TPSA) is 99.5 Å². The highest BCUT2D eigenvalue weighted by Gasteiger charge is 2.61. The number of rotatable bonds is 4. The molecule has 1 aliphatic carbocycles. The van der Waals surface area contributed by atoms with Crippen molar-refractivity contribution in [2.75, 3.05) is 0 Å². The lowest BCUT2D eigenvalue weighted by molar-refractivity contribution is -0.0773. The zero-order valence-corrected chi connectivity index (χ0v) is 15.6. The lowest BCUT2D eigenvalue weighted by Crippen LogP contribution is -2.57. The summed E-state index contributed by atoms with van der Waals surface area (Å²) in [5.74, 6) is 0. The Labute approximate surface area is 167 Å². The van der Waals surface area contributed by atoms with Gasteiger partial charge in [-0.15, -0.1) is 0 Å². The second-order valence-electron chi connectivity index (χ2n) is 7.12. The second kappa shape index (κ2) is 8.10. The van der Waals surface area contributed by atoms with Crippen LogP contribution < -0.4 is 0 Å². The maximum Gasteiger partial charge on any atom is 0.429 e. The van der Waals surface area contributed by atoms with Crippen molar-refractivity contribution in [2.45, 2.75) is 43.9 Å². The van der Waals surface area contributed by atoms with Crippen molar-refractivity contribution in [1.82, 2.24) is 10.0 Å². The Morgan fingerprint density at radius 2 is 1.31 bits per heavy atom. The Morgan fingerprint density at radius 1 is 0.828 bits per heavy atom. The van der Waals surface area contributed by atoms with E-state index in [4.69, 9.17) is 9.47 Å². The molecule has 0 aromatic heterocycles. The van der Waals surface area contributed by atoms with Crippen molar-refractivity contribution in [2.24, 2.45) is 0 Å². The number of hydrazine groups is 1. The highest BCUT2D eigenvalue weighted by molar-refractivity contribution is 5.76. The lowest BCUT2D eigenvalue weighted by Gasteiger charge is -2.37. The maximum atomic E-state index is 12.7. The molecule has 2 N–H and O–H groups in total. The summed E-state index contributed by atoms with van der Waals surface area (Å²) in [5.41, 5.74) is 1.58. The van der Waals surface area contributed by atoms with E-state index in [1.54, 1.807) is 12.1 Å². The molecule has 29 heavy (non-hydrogen) atoms. The molecule has 2 bridgehead atoms. The van der Waals surface area contributed by atoms with Crippen LogP contribution in [0, 0.1) is 0 Å². The molecule has 1 saturated heterocycles. The number of aliphatic hydroxyl groups is 2. The summed E-state index contributed by atoms with van der Waals surface area (Å²) in [6.07, 6.45) is -3.45. The maximum absolute atomic E-state index is 12.7. The summed E-state index contributed by atoms with van der Waals surface area (Å²) in [6.45, 7) is 0.0335. The highest BCUT2D eigenvalue weighted by Crippen LogP contribution is 2.39. The van der Waals surface area contributed by atoms with Crippen LogP contribution in [0.1, 0.15) is 17.5 Å². The molecule has 2 aromatic carbocycles. The molecule has 2 aliphatic rings. The van der Waals surface area contributed by atoms with Gasteiger partial charge < -0.3 is 19.7 Å². The molecule has 1 saturated carbocycles. The number of benzene rings is 2. The van der Waals surface area contributed by atoms with Crippen molar-refractivity contribution in [3.8, 4) is 0 Å². The fraction of sp³-hybridized carbons (Fsp3) is 0.333. The van der Waals surface area contributed by atoms with Crippen molar-refractivity contribution in [3.63, 3.8) is 0 Å². The summed E-state index contributed by atoms with van der Waals surface area (Å²) < 4.78 is 10.7. The van der Waals surface area contributed by atoms with Gasteiger partial charge in [-0.05, 0) is 11.1 Å². The SMILES string of the molecule is O=C(OCc1ccccc1)N1C2CC(O)C(C2O)N1C(=O)OCc1ccccc1. The summed E-state index contributed by atoms with van der Waals surface area (Å²) in [7, 11) is 0. The van der Waals surface area contributed by atoms with E-state index in [-0.39, 0.29) is 19.6 Å². The molecule has 152 valence electrons. The molecule has 4 atom stereocenters. The quantitative estimate of drug-likeness (QED) is 0.818. The first-order valence-corrected chi connectivity index (χ1v) is 9.42. The van der Waals surface area contributed by atoms with E-state index < -0.39 is 36.5 Å². The van der Waals surface area contributed by atoms with Gasteiger partial charge in [0, 0.05) is 6.42 Å². The molecule has 0 radical (unpaired) electrons. The van der Waals surface area contributed by atoms with E-state index in [1.165, 1.54) is 0 Å². The third-order valence-corrected chi connectivity index (χ3v) is 5.23. The first-order chi connectivity index (χ1) is 14.1. The summed E-state index contributed by atoms with van der Waals surface area (Å²) >= 11 is 0. The fourth-order valence-electron chi connectivity index (χ4n) is 3.84. The Kier molecular flexibility index (Phi) is 5.37. The molecule has 0 spiro atoms. The number of carbonyl (C=O) groups excluding carboxylic acids is 2. The minimum atomic E-state index is -1.07. The number of fused-ring (bicyclic) bond motifs is 2. The lowest BCUT2D eigenvalue weighted by atomic mass is 10.2. The Hall–Kier alpha value is -3.10. The standard InChI is InChI=1S/C21H22N2O6/c24-17-11-16-19(25)18(17)23(21(27)29-13-15-9-5-2-6-10-15)22(16)20(26)28-12-14-7-3-1-4-8-14/h1-10,16-19,24-25H,11-13H2. The van der Waals surface area contributed by atoms with Crippen LogP contribution in [0.25, 0.3) is 0 Å². The monoisotopic (exact) mass is 398 g/mol. The number of hydrogen-bond donors (Lipinski definition) is 2. The molecular weight excluding hydrogens is 376 g/mol. The summed E-state index contributed by atoms with van der Waals surface area (Å²) in [5, 5.41) is 22.7. The van der Waals surface area contributed by atoms with Gasteiger partial charge in [0.05, 0.1) is 12.1 Å². The first-order valence-electron chi connectivity index (χ1n) is 9.42. The number of amides is 2. The predicted octanol–water partition coefficient (Wildman–Crippen LogP) is 2.06. The van der Waals surface area contributed by atoms with Crippen LogP contribution in [0.2, 0.25) is 0 Å². The van der Waals surface area contributed by atoms with Gasteiger partial charge >= 0.3 is 12.2 Å². The average molecular weight is 398 g/mol. The molecule has 2 amide bonds. The number of nitrogens with zero attached hydrogens (tertiary/aromatic N) is 2. The van der Waals surface area contributed by atoms with Crippen LogP contribution in [0.4, 0.5) is 9.59 Å².